The molecule has 0 saturated heterocycles. The first-order valence-electron chi connectivity index (χ1n) is 24.5. The van der Waals surface area contributed by atoms with Crippen molar-refractivity contribution < 1.29 is 77.5 Å². The lowest BCUT2D eigenvalue weighted by atomic mass is 9.89. The average molecular weight is 1160 g/mol. The maximum Gasteiger partial charge on any atom is 0.519 e. The van der Waals surface area contributed by atoms with E-state index in [1.807, 2.05) is 0 Å². The maximum absolute atomic E-state index is 12.6. The number of nitro groups is 2. The number of rotatable bonds is 23. The lowest BCUT2D eigenvalue weighted by Crippen LogP contribution is -2.38. The number of nitro benzene ring substituents is 2. The molecule has 4 amide bonds. The third kappa shape index (κ3) is 23.6. The quantitative estimate of drug-likeness (QED) is 0.00452. The number of amides is 4. The fraction of sp³-hybridized carbons (Fsp3) is 0.148. The number of methoxy groups -OCH3 is 2. The van der Waals surface area contributed by atoms with Gasteiger partial charge in [0, 0.05) is 74.2 Å². The van der Waals surface area contributed by atoms with Gasteiger partial charge in [0.25, 0.3) is 23.2 Å². The van der Waals surface area contributed by atoms with Gasteiger partial charge in [0.05, 0.1) is 46.6 Å². The van der Waals surface area contributed by atoms with Crippen LogP contribution in [0.3, 0.4) is 0 Å². The van der Waals surface area contributed by atoms with Crippen molar-refractivity contribution in [2.75, 3.05) is 51.0 Å². The van der Waals surface area contributed by atoms with E-state index in [4.69, 9.17) is 35.6 Å². The van der Waals surface area contributed by atoms with Crippen molar-refractivity contribution in [2.24, 2.45) is 0 Å². The number of nitrogens with one attached hydrogen (secondary N) is 6. The third-order valence-electron chi connectivity index (χ3n) is 10.5. The summed E-state index contributed by atoms with van der Waals surface area (Å²) in [6.07, 6.45) is 4.58. The molecule has 0 fully saturated rings. The van der Waals surface area contributed by atoms with Gasteiger partial charge in [-0.15, -0.1) is 0 Å². The highest BCUT2D eigenvalue weighted by Gasteiger charge is 2.17. The van der Waals surface area contributed by atoms with E-state index >= 15 is 0 Å². The number of phenolic OH excluding ortho intramolecular Hbond substituents is 1. The summed E-state index contributed by atoms with van der Waals surface area (Å²) in [4.78, 5) is 92.0. The molecule has 432 valence electrons. The van der Waals surface area contributed by atoms with E-state index in [1.165, 1.54) is 99.2 Å². The summed E-state index contributed by atoms with van der Waals surface area (Å²) < 4.78 is 25.0. The fourth-order valence-electron chi connectivity index (χ4n) is 6.62. The van der Waals surface area contributed by atoms with Gasteiger partial charge in [0.15, 0.2) is 23.0 Å². The minimum Gasteiger partial charge on any atom is -0.504 e. The molecule has 0 aliphatic heterocycles. The van der Waals surface area contributed by atoms with Crippen LogP contribution in [0.15, 0.2) is 146 Å². The second kappa shape index (κ2) is 34.1. The van der Waals surface area contributed by atoms with Crippen molar-refractivity contribution in [1.29, 1.82) is 0 Å². The van der Waals surface area contributed by atoms with Gasteiger partial charge in [-0.25, -0.2) is 9.59 Å². The first-order chi connectivity index (χ1) is 39.6. The Balaban J connectivity index is 0.000000304. The molecule has 0 unspecified atom stereocenters. The van der Waals surface area contributed by atoms with Gasteiger partial charge in [0.2, 0.25) is 11.8 Å². The lowest BCUT2D eigenvalue weighted by molar-refractivity contribution is -0.385. The largest absolute Gasteiger partial charge is 0.519 e. The highest BCUT2D eigenvalue weighted by atomic mass is 35.5. The molecule has 0 aromatic heterocycles. The number of non-ortho nitro benzene ring substituents is 2. The lowest BCUT2D eigenvalue weighted by Gasteiger charge is -2.11. The van der Waals surface area contributed by atoms with Crippen LogP contribution < -0.4 is 55.4 Å². The first-order valence-corrected chi connectivity index (χ1v) is 24.9. The minimum atomic E-state index is -1.08. The third-order valence-corrected chi connectivity index (χ3v) is 10.6. The highest BCUT2D eigenvalue weighted by Crippen LogP contribution is 2.30. The van der Waals surface area contributed by atoms with Crippen LogP contribution in [0.5, 0.6) is 34.5 Å². The summed E-state index contributed by atoms with van der Waals surface area (Å²) in [5.41, 5.74) is 1.31. The van der Waals surface area contributed by atoms with Crippen molar-refractivity contribution in [3.8, 4) is 34.5 Å². The summed E-state index contributed by atoms with van der Waals surface area (Å²) in [6.45, 7) is 4.55. The van der Waals surface area contributed by atoms with E-state index in [1.54, 1.807) is 86.5 Å². The number of halogens is 1. The number of hydrogen-bond acceptors (Lipinski definition) is 20. The SMILES string of the molecule is COc1cc(/C=C/C(=O)Nc2ccccc2C(=O)NCCNB(C)O)ccc1O.COc1cc(/C=C/C(=O)Nc2ccccc2C(=O)NCCNB(C)O)ccc1OC(=O)Oc1ccc([N+](=O)[O-])cc1.O=C(Cl)Oc1ccc([N+](=O)[O-])cc1. The van der Waals surface area contributed by atoms with E-state index < -0.39 is 47.3 Å². The average Bonchev–Trinajstić information content (AvgIpc) is 3.49. The zero-order valence-corrected chi connectivity index (χ0v) is 45.5. The molecule has 6 rings (SSSR count). The Labute approximate surface area is 480 Å². The number of carbonyl (C=O) groups is 6. The molecular formula is C54H55B2ClN8O18. The van der Waals surface area contributed by atoms with Gasteiger partial charge >= 0.3 is 25.7 Å². The Morgan fingerprint density at radius 3 is 1.40 bits per heavy atom. The number of para-hydroxylation sites is 2. The van der Waals surface area contributed by atoms with Crippen LogP contribution in [-0.2, 0) is 9.59 Å². The van der Waals surface area contributed by atoms with E-state index in [0.717, 1.165) is 0 Å². The van der Waals surface area contributed by atoms with Crippen LogP contribution in [0, 0.1) is 20.2 Å². The molecule has 0 bridgehead atoms. The Bertz CT molecular complexity index is 3280. The van der Waals surface area contributed by atoms with Crippen molar-refractivity contribution >= 4 is 95.8 Å². The van der Waals surface area contributed by atoms with Gasteiger partial charge < -0.3 is 70.6 Å². The van der Waals surface area contributed by atoms with Crippen LogP contribution in [0.1, 0.15) is 31.8 Å². The van der Waals surface area contributed by atoms with Crippen LogP contribution in [0.4, 0.5) is 32.3 Å². The molecule has 0 atom stereocenters. The van der Waals surface area contributed by atoms with Crippen molar-refractivity contribution in [2.45, 2.75) is 13.6 Å². The summed E-state index contributed by atoms with van der Waals surface area (Å²) >= 11 is 4.92. The number of anilines is 2. The Morgan fingerprint density at radius 1 is 0.554 bits per heavy atom. The van der Waals surface area contributed by atoms with Gasteiger partial charge in [-0.1, -0.05) is 36.4 Å². The van der Waals surface area contributed by atoms with Gasteiger partial charge in [0.1, 0.15) is 11.5 Å². The zero-order valence-electron chi connectivity index (χ0n) is 44.7. The summed E-state index contributed by atoms with van der Waals surface area (Å²) in [5.74, 6) is -0.851. The number of phenols is 1. The number of carbonyl (C=O) groups excluding carboxylic acids is 6. The summed E-state index contributed by atoms with van der Waals surface area (Å²) in [7, 11) is 1.46. The van der Waals surface area contributed by atoms with Crippen molar-refractivity contribution in [3.05, 3.63) is 188 Å². The van der Waals surface area contributed by atoms with E-state index in [2.05, 4.69) is 36.5 Å². The number of aromatic hydroxyl groups is 1. The van der Waals surface area contributed by atoms with Crippen molar-refractivity contribution in [1.82, 2.24) is 21.1 Å². The Morgan fingerprint density at radius 2 is 0.976 bits per heavy atom. The normalized spacial score (nSPS) is 10.3. The topological polar surface area (TPSA) is 368 Å². The second-order valence-electron chi connectivity index (χ2n) is 16.6. The fourth-order valence-corrected chi connectivity index (χ4v) is 6.71. The molecular weight excluding hydrogens is 1110 g/mol. The maximum atomic E-state index is 12.6. The molecule has 9 N–H and O–H groups in total. The Hall–Kier alpha value is -10.1. The molecule has 0 heterocycles. The smallest absolute Gasteiger partial charge is 0.504 e. The van der Waals surface area contributed by atoms with Crippen molar-refractivity contribution in [3.63, 3.8) is 0 Å². The molecule has 6 aromatic carbocycles. The standard InChI is InChI=1S/C27H27BN4O9.C20H24BN3O5.C7H4ClNO4/c1-28(36)30-16-15-29-26(34)21-5-3-4-6-22(21)31-25(33)14-8-18-7-13-23(24(17-18)39-2)41-27(35)40-20-11-9-19(10-12-20)32(37)38;1-21(28)23-12-11-22-20(27)15-5-3-4-6-16(15)24-19(26)10-8-14-7-9-17(25)18(13-14)29-2;8-7(10)13-6-3-1-5(2-4-6)9(11)12/h3-14,17,30,36H,15-16H2,1-2H3,(H,29,34)(H,31,33);3-10,13,23,25,28H,11-12H2,1-2H3,(H,22,27)(H,24,26);1-4H/b14-8+;10-8+;. The van der Waals surface area contributed by atoms with Crippen LogP contribution in [0.2, 0.25) is 13.6 Å². The van der Waals surface area contributed by atoms with Crippen LogP contribution in [0.25, 0.3) is 12.2 Å². The number of benzene rings is 6. The van der Waals surface area contributed by atoms with Gasteiger partial charge in [-0.2, -0.15) is 0 Å². The molecule has 83 heavy (non-hydrogen) atoms. The van der Waals surface area contributed by atoms with Crippen LogP contribution in [-0.4, -0.2) is 115 Å². The highest BCUT2D eigenvalue weighted by molar-refractivity contribution is 6.61. The number of ether oxygens (including phenoxy) is 5. The molecule has 0 aliphatic carbocycles. The first kappa shape index (κ1) is 65.4. The molecule has 0 spiro atoms. The summed E-state index contributed by atoms with van der Waals surface area (Å²) in [6, 6.07) is 32.4. The molecule has 26 nitrogen and oxygen atoms in total. The number of hydrogen-bond donors (Lipinski definition) is 9. The van der Waals surface area contributed by atoms with E-state index in [0.29, 0.717) is 53.4 Å². The molecule has 0 aliphatic rings. The number of nitrogens with zero attached hydrogens (tertiary/aromatic N) is 2. The van der Waals surface area contributed by atoms with E-state index in [-0.39, 0.29) is 64.0 Å². The monoisotopic (exact) mass is 1160 g/mol. The molecule has 0 radical (unpaired) electrons. The predicted molar refractivity (Wildman–Crippen MR) is 309 cm³/mol. The van der Waals surface area contributed by atoms with E-state index in [9.17, 15) is 59.1 Å². The summed E-state index contributed by atoms with van der Waals surface area (Å²) in [5, 5.41) is 65.3. The minimum absolute atomic E-state index is 0.0117. The zero-order chi connectivity index (χ0) is 60.8. The second-order valence-corrected chi connectivity index (χ2v) is 17.0. The predicted octanol–water partition coefficient (Wildman–Crippen LogP) is 7.08. The van der Waals surface area contributed by atoms with Crippen LogP contribution >= 0.6 is 11.6 Å². The molecule has 6 aromatic rings. The van der Waals surface area contributed by atoms with Gasteiger partial charge in [-0.3, -0.25) is 39.4 Å². The molecule has 29 heteroatoms. The Kier molecular flexibility index (Phi) is 26.9. The van der Waals surface area contributed by atoms with Gasteiger partial charge in [-0.05, 0) is 110 Å². The molecule has 0 saturated carbocycles.